The van der Waals surface area contributed by atoms with E-state index in [1.807, 2.05) is 0 Å². The third-order valence-corrected chi connectivity index (χ3v) is 4.31. The lowest BCUT2D eigenvalue weighted by molar-refractivity contribution is -0.145. The summed E-state index contributed by atoms with van der Waals surface area (Å²) >= 11 is 0. The molecule has 1 aliphatic rings. The van der Waals surface area contributed by atoms with Crippen LogP contribution in [-0.4, -0.2) is 43.6 Å². The smallest absolute Gasteiger partial charge is 0.451 e. The van der Waals surface area contributed by atoms with E-state index < -0.39 is 23.8 Å². The van der Waals surface area contributed by atoms with E-state index >= 15 is 0 Å². The van der Waals surface area contributed by atoms with Crippen LogP contribution in [0.2, 0.25) is 0 Å². The third kappa shape index (κ3) is 3.20. The fourth-order valence-corrected chi connectivity index (χ4v) is 2.95. The first-order valence-corrected chi connectivity index (χ1v) is 8.27. The molecule has 0 bridgehead atoms. The fraction of sp³-hybridized carbons (Fsp3) is 0.167. The SMILES string of the molecule is COc1nn(-c2cnc(C(F)(F)F)nc2)cc1CN1C(=O)c2ccccc2C1=O. The number of imide groups is 1. The molecule has 1 aromatic carbocycles. The largest absolute Gasteiger partial charge is 0.480 e. The molecule has 0 N–H and O–H groups in total. The number of rotatable bonds is 4. The molecule has 0 spiro atoms. The number of ether oxygens (including phenoxy) is 1. The molecule has 0 aliphatic carbocycles. The monoisotopic (exact) mass is 403 g/mol. The van der Waals surface area contributed by atoms with Crippen molar-refractivity contribution in [2.75, 3.05) is 7.11 Å². The number of fused-ring (bicyclic) bond motifs is 1. The summed E-state index contributed by atoms with van der Waals surface area (Å²) in [6.07, 6.45) is -1.28. The van der Waals surface area contributed by atoms with Crippen LogP contribution in [0.5, 0.6) is 5.88 Å². The van der Waals surface area contributed by atoms with Gasteiger partial charge in [-0.1, -0.05) is 12.1 Å². The number of carbonyl (C=O) groups excluding carboxylic acids is 2. The van der Waals surface area contributed by atoms with Crippen molar-refractivity contribution in [2.24, 2.45) is 0 Å². The number of methoxy groups -OCH3 is 1. The number of hydrogen-bond donors (Lipinski definition) is 0. The summed E-state index contributed by atoms with van der Waals surface area (Å²) in [5, 5.41) is 4.12. The molecule has 11 heteroatoms. The van der Waals surface area contributed by atoms with Gasteiger partial charge in [0.2, 0.25) is 11.7 Å². The second-order valence-electron chi connectivity index (χ2n) is 6.11. The van der Waals surface area contributed by atoms with Crippen molar-refractivity contribution in [3.8, 4) is 11.6 Å². The fourth-order valence-electron chi connectivity index (χ4n) is 2.95. The predicted octanol–water partition coefficient (Wildman–Crippen LogP) is 2.49. The first-order valence-electron chi connectivity index (χ1n) is 8.27. The van der Waals surface area contributed by atoms with Gasteiger partial charge in [-0.3, -0.25) is 14.5 Å². The Balaban J connectivity index is 1.63. The number of alkyl halides is 3. The van der Waals surface area contributed by atoms with Crippen LogP contribution in [0.25, 0.3) is 5.69 Å². The molecule has 29 heavy (non-hydrogen) atoms. The highest BCUT2D eigenvalue weighted by Gasteiger charge is 2.36. The zero-order valence-corrected chi connectivity index (χ0v) is 14.8. The molecule has 3 aromatic rings. The van der Waals surface area contributed by atoms with Crippen LogP contribution in [0.4, 0.5) is 13.2 Å². The van der Waals surface area contributed by atoms with Crippen LogP contribution in [0.1, 0.15) is 32.1 Å². The van der Waals surface area contributed by atoms with Crippen molar-refractivity contribution in [3.63, 3.8) is 0 Å². The van der Waals surface area contributed by atoms with Crippen molar-refractivity contribution in [1.82, 2.24) is 24.6 Å². The van der Waals surface area contributed by atoms with Gasteiger partial charge in [0.1, 0.15) is 5.69 Å². The highest BCUT2D eigenvalue weighted by molar-refractivity contribution is 6.21. The van der Waals surface area contributed by atoms with E-state index in [-0.39, 0.29) is 18.1 Å². The number of halogens is 3. The summed E-state index contributed by atoms with van der Waals surface area (Å²) in [6, 6.07) is 6.46. The summed E-state index contributed by atoms with van der Waals surface area (Å²) in [5.41, 5.74) is 1.16. The van der Waals surface area contributed by atoms with Crippen molar-refractivity contribution >= 4 is 11.8 Å². The lowest BCUT2D eigenvalue weighted by Crippen LogP contribution is -2.29. The zero-order chi connectivity index (χ0) is 20.8. The molecule has 1 aliphatic heterocycles. The van der Waals surface area contributed by atoms with E-state index in [0.29, 0.717) is 16.7 Å². The number of carbonyl (C=O) groups is 2. The maximum atomic E-state index is 12.6. The van der Waals surface area contributed by atoms with E-state index in [9.17, 15) is 22.8 Å². The quantitative estimate of drug-likeness (QED) is 0.622. The Morgan fingerprint density at radius 2 is 1.62 bits per heavy atom. The number of amides is 2. The highest BCUT2D eigenvalue weighted by atomic mass is 19.4. The molecule has 148 valence electrons. The molecular formula is C18H12F3N5O3. The van der Waals surface area contributed by atoms with Crippen molar-refractivity contribution in [1.29, 1.82) is 0 Å². The Morgan fingerprint density at radius 3 is 2.14 bits per heavy atom. The Morgan fingerprint density at radius 1 is 1.03 bits per heavy atom. The van der Waals surface area contributed by atoms with E-state index in [1.165, 1.54) is 18.0 Å². The Hall–Kier alpha value is -3.76. The molecule has 3 heterocycles. The van der Waals surface area contributed by atoms with Gasteiger partial charge in [0.15, 0.2) is 0 Å². The molecule has 2 aromatic heterocycles. The molecule has 0 unspecified atom stereocenters. The summed E-state index contributed by atoms with van der Waals surface area (Å²) in [6.45, 7) is -0.114. The molecular weight excluding hydrogens is 391 g/mol. The normalized spacial score (nSPS) is 13.7. The van der Waals surface area contributed by atoms with Gasteiger partial charge in [-0.2, -0.15) is 13.2 Å². The van der Waals surface area contributed by atoms with Crippen LogP contribution in [0.15, 0.2) is 42.9 Å². The average molecular weight is 403 g/mol. The van der Waals surface area contributed by atoms with E-state index in [1.54, 1.807) is 24.3 Å². The van der Waals surface area contributed by atoms with Gasteiger partial charge in [-0.05, 0) is 12.1 Å². The maximum Gasteiger partial charge on any atom is 0.451 e. The van der Waals surface area contributed by atoms with Crippen molar-refractivity contribution < 1.29 is 27.5 Å². The van der Waals surface area contributed by atoms with Gasteiger partial charge in [0.25, 0.3) is 11.8 Å². The summed E-state index contributed by atoms with van der Waals surface area (Å²) in [4.78, 5) is 32.7. The minimum absolute atomic E-state index is 0.112. The second-order valence-corrected chi connectivity index (χ2v) is 6.11. The number of hydrogen-bond acceptors (Lipinski definition) is 6. The summed E-state index contributed by atoms with van der Waals surface area (Å²) in [5.74, 6) is -2.05. The van der Waals surface area contributed by atoms with Gasteiger partial charge >= 0.3 is 6.18 Å². The first kappa shape index (κ1) is 18.6. The number of aromatic nitrogens is 4. The molecule has 0 fully saturated rings. The molecule has 0 atom stereocenters. The van der Waals surface area contributed by atoms with E-state index in [0.717, 1.165) is 17.3 Å². The Labute approximate surface area is 161 Å². The first-order chi connectivity index (χ1) is 13.8. The molecule has 0 saturated carbocycles. The summed E-state index contributed by atoms with van der Waals surface area (Å²) < 4.78 is 44.3. The molecule has 4 rings (SSSR count). The second kappa shape index (κ2) is 6.69. The van der Waals surface area contributed by atoms with Gasteiger partial charge in [0.05, 0.1) is 42.7 Å². The highest BCUT2D eigenvalue weighted by Crippen LogP contribution is 2.28. The third-order valence-electron chi connectivity index (χ3n) is 4.31. The van der Waals surface area contributed by atoms with Crippen LogP contribution < -0.4 is 4.74 Å². The molecule has 0 saturated heterocycles. The molecule has 2 amide bonds. The van der Waals surface area contributed by atoms with Gasteiger partial charge in [-0.25, -0.2) is 14.6 Å². The Kier molecular flexibility index (Phi) is 4.29. The summed E-state index contributed by atoms with van der Waals surface area (Å²) in [7, 11) is 1.35. The van der Waals surface area contributed by atoms with Crippen LogP contribution >= 0.6 is 0 Å². The molecule has 8 nitrogen and oxygen atoms in total. The van der Waals surface area contributed by atoms with Gasteiger partial charge in [-0.15, -0.1) is 5.10 Å². The number of nitrogens with zero attached hydrogens (tertiary/aromatic N) is 5. The molecule has 0 radical (unpaired) electrons. The van der Waals surface area contributed by atoms with Crippen molar-refractivity contribution in [3.05, 3.63) is 65.4 Å². The Bertz CT molecular complexity index is 1070. The predicted molar refractivity (Wildman–Crippen MR) is 91.4 cm³/mol. The zero-order valence-electron chi connectivity index (χ0n) is 14.8. The standard InChI is InChI=1S/C18H12F3N5O3/c1-29-14-10(8-25-15(27)12-4-2-3-5-13(12)16(25)28)9-26(24-14)11-6-22-17(23-7-11)18(19,20)21/h2-7,9H,8H2,1H3. The number of benzene rings is 1. The van der Waals surface area contributed by atoms with E-state index in [2.05, 4.69) is 15.1 Å². The van der Waals surface area contributed by atoms with Crippen molar-refractivity contribution in [2.45, 2.75) is 12.7 Å². The van der Waals surface area contributed by atoms with Crippen LogP contribution in [0.3, 0.4) is 0 Å². The van der Waals surface area contributed by atoms with Gasteiger partial charge in [0, 0.05) is 6.20 Å². The van der Waals surface area contributed by atoms with Gasteiger partial charge < -0.3 is 4.74 Å². The van der Waals surface area contributed by atoms with Crippen LogP contribution in [-0.2, 0) is 12.7 Å². The lowest BCUT2D eigenvalue weighted by atomic mass is 10.1. The lowest BCUT2D eigenvalue weighted by Gasteiger charge is -2.12. The minimum atomic E-state index is -4.66. The van der Waals surface area contributed by atoms with Crippen LogP contribution in [0, 0.1) is 0 Å². The minimum Gasteiger partial charge on any atom is -0.480 e. The maximum absolute atomic E-state index is 12.6. The topological polar surface area (TPSA) is 90.2 Å². The van der Waals surface area contributed by atoms with E-state index in [4.69, 9.17) is 4.74 Å². The average Bonchev–Trinajstić information content (AvgIpc) is 3.23.